The molecule has 1 aliphatic heterocycles. The zero-order valence-corrected chi connectivity index (χ0v) is 13.5. The Balaban J connectivity index is 1.54. The van der Waals surface area contributed by atoms with Crippen molar-refractivity contribution in [3.8, 4) is 5.75 Å². The highest BCUT2D eigenvalue weighted by molar-refractivity contribution is 5.78. The van der Waals surface area contributed by atoms with Crippen molar-refractivity contribution in [2.24, 2.45) is 0 Å². The molecule has 0 bridgehead atoms. The Labute approximate surface area is 135 Å². The van der Waals surface area contributed by atoms with E-state index in [1.54, 1.807) is 7.11 Å². The summed E-state index contributed by atoms with van der Waals surface area (Å²) in [4.78, 5) is 16.5. The summed E-state index contributed by atoms with van der Waals surface area (Å²) in [6.45, 7) is 4.93. The van der Waals surface area contributed by atoms with Crippen LogP contribution in [0.3, 0.4) is 0 Å². The number of hydrogen-bond acceptors (Lipinski definition) is 5. The van der Waals surface area contributed by atoms with Crippen LogP contribution in [0.5, 0.6) is 5.75 Å². The molecule has 0 unspecified atom stereocenters. The van der Waals surface area contributed by atoms with Crippen molar-refractivity contribution in [2.45, 2.75) is 13.3 Å². The average Bonchev–Trinajstić information content (AvgIpc) is 3.00. The first-order chi connectivity index (χ1) is 11.2. The number of amides is 1. The third-order valence-corrected chi connectivity index (χ3v) is 4.08. The van der Waals surface area contributed by atoms with Gasteiger partial charge in [-0.1, -0.05) is 5.16 Å². The summed E-state index contributed by atoms with van der Waals surface area (Å²) in [5, 5.41) is 3.88. The molecule has 122 valence electrons. The predicted octanol–water partition coefficient (Wildman–Crippen LogP) is 1.88. The van der Waals surface area contributed by atoms with Crippen LogP contribution >= 0.6 is 0 Å². The molecule has 1 aromatic carbocycles. The van der Waals surface area contributed by atoms with Gasteiger partial charge in [0.1, 0.15) is 11.5 Å². The van der Waals surface area contributed by atoms with E-state index in [-0.39, 0.29) is 5.91 Å². The number of ether oxygens (including phenoxy) is 1. The third-order valence-electron chi connectivity index (χ3n) is 4.08. The molecular weight excluding hydrogens is 294 g/mol. The minimum Gasteiger partial charge on any atom is -0.497 e. The first kappa shape index (κ1) is 15.4. The molecule has 0 radical (unpaired) electrons. The molecule has 1 amide bonds. The summed E-state index contributed by atoms with van der Waals surface area (Å²) >= 11 is 0. The lowest BCUT2D eigenvalue weighted by Gasteiger charge is -2.36. The van der Waals surface area contributed by atoms with Gasteiger partial charge >= 0.3 is 0 Å². The van der Waals surface area contributed by atoms with E-state index < -0.39 is 0 Å². The molecule has 1 aliphatic rings. The maximum Gasteiger partial charge on any atom is 0.228 e. The zero-order chi connectivity index (χ0) is 16.2. The predicted molar refractivity (Wildman–Crippen MR) is 86.7 cm³/mol. The molecule has 2 heterocycles. The first-order valence-electron chi connectivity index (χ1n) is 7.74. The van der Waals surface area contributed by atoms with E-state index >= 15 is 0 Å². The van der Waals surface area contributed by atoms with Crippen molar-refractivity contribution in [1.29, 1.82) is 0 Å². The number of rotatable bonds is 4. The number of methoxy groups -OCH3 is 1. The highest BCUT2D eigenvalue weighted by Gasteiger charge is 2.22. The zero-order valence-electron chi connectivity index (χ0n) is 13.5. The highest BCUT2D eigenvalue weighted by atomic mass is 16.5. The minimum atomic E-state index is 0.104. The summed E-state index contributed by atoms with van der Waals surface area (Å²) < 4.78 is 10.2. The Morgan fingerprint density at radius 2 is 1.91 bits per heavy atom. The molecule has 0 atom stereocenters. The number of nitrogens with zero attached hydrogens (tertiary/aromatic N) is 3. The monoisotopic (exact) mass is 315 g/mol. The Kier molecular flexibility index (Phi) is 4.50. The normalized spacial score (nSPS) is 14.9. The molecule has 1 fully saturated rings. The van der Waals surface area contributed by atoms with Gasteiger partial charge in [-0.15, -0.1) is 0 Å². The molecule has 1 saturated heterocycles. The van der Waals surface area contributed by atoms with Gasteiger partial charge in [0.05, 0.1) is 19.2 Å². The van der Waals surface area contributed by atoms with E-state index in [9.17, 15) is 4.79 Å². The number of aryl methyl sites for hydroxylation is 1. The van der Waals surface area contributed by atoms with Gasteiger partial charge in [-0.25, -0.2) is 0 Å². The van der Waals surface area contributed by atoms with Crippen molar-refractivity contribution in [2.75, 3.05) is 38.2 Å². The second kappa shape index (κ2) is 6.73. The Bertz CT molecular complexity index is 658. The fourth-order valence-corrected chi connectivity index (χ4v) is 2.78. The van der Waals surface area contributed by atoms with Crippen LogP contribution in [0.15, 0.2) is 34.9 Å². The molecule has 3 rings (SSSR count). The number of aromatic nitrogens is 1. The maximum absolute atomic E-state index is 12.3. The molecule has 0 aliphatic carbocycles. The number of carbonyl (C=O) groups is 1. The van der Waals surface area contributed by atoms with Gasteiger partial charge < -0.3 is 19.1 Å². The molecule has 23 heavy (non-hydrogen) atoms. The fourth-order valence-electron chi connectivity index (χ4n) is 2.78. The molecule has 1 aromatic heterocycles. The van der Waals surface area contributed by atoms with E-state index in [0.717, 1.165) is 43.4 Å². The van der Waals surface area contributed by atoms with Crippen LogP contribution < -0.4 is 9.64 Å². The van der Waals surface area contributed by atoms with E-state index in [2.05, 4.69) is 22.2 Å². The van der Waals surface area contributed by atoms with E-state index in [1.807, 2.05) is 30.0 Å². The second-order valence-electron chi connectivity index (χ2n) is 5.67. The van der Waals surface area contributed by atoms with Gasteiger partial charge in [0.2, 0.25) is 5.91 Å². The molecular formula is C17H21N3O3. The van der Waals surface area contributed by atoms with Crippen molar-refractivity contribution < 1.29 is 14.1 Å². The van der Waals surface area contributed by atoms with Crippen LogP contribution in [0.2, 0.25) is 0 Å². The van der Waals surface area contributed by atoms with Crippen LogP contribution in [0.1, 0.15) is 11.5 Å². The highest BCUT2D eigenvalue weighted by Crippen LogP contribution is 2.20. The second-order valence-corrected chi connectivity index (χ2v) is 5.67. The van der Waals surface area contributed by atoms with E-state index in [0.29, 0.717) is 12.1 Å². The summed E-state index contributed by atoms with van der Waals surface area (Å²) in [5.41, 5.74) is 1.86. The topological polar surface area (TPSA) is 58.8 Å². The van der Waals surface area contributed by atoms with Crippen LogP contribution in [0.4, 0.5) is 5.69 Å². The molecule has 6 nitrogen and oxygen atoms in total. The fraction of sp³-hybridized carbons (Fsp3) is 0.412. The van der Waals surface area contributed by atoms with Crippen LogP contribution in [-0.2, 0) is 11.2 Å². The third kappa shape index (κ3) is 3.64. The molecule has 0 saturated carbocycles. The summed E-state index contributed by atoms with van der Waals surface area (Å²) in [6.07, 6.45) is 0.305. The summed E-state index contributed by atoms with van der Waals surface area (Å²) in [6, 6.07) is 9.83. The molecule has 6 heteroatoms. The van der Waals surface area contributed by atoms with Crippen molar-refractivity contribution in [3.05, 3.63) is 41.8 Å². The van der Waals surface area contributed by atoms with Gasteiger partial charge in [-0.2, -0.15) is 0 Å². The smallest absolute Gasteiger partial charge is 0.228 e. The lowest BCUT2D eigenvalue weighted by molar-refractivity contribution is -0.130. The largest absolute Gasteiger partial charge is 0.497 e. The molecule has 0 N–H and O–H groups in total. The van der Waals surface area contributed by atoms with Crippen LogP contribution in [0.25, 0.3) is 0 Å². The van der Waals surface area contributed by atoms with E-state index in [4.69, 9.17) is 9.26 Å². The Hall–Kier alpha value is -2.50. The first-order valence-corrected chi connectivity index (χ1v) is 7.74. The van der Waals surface area contributed by atoms with Gasteiger partial charge in [0.15, 0.2) is 0 Å². The molecule has 0 spiro atoms. The lowest BCUT2D eigenvalue weighted by atomic mass is 10.2. The van der Waals surface area contributed by atoms with Gasteiger partial charge in [0.25, 0.3) is 0 Å². The summed E-state index contributed by atoms with van der Waals surface area (Å²) in [5.74, 6) is 1.69. The van der Waals surface area contributed by atoms with Crippen molar-refractivity contribution >= 4 is 11.6 Å². The lowest BCUT2D eigenvalue weighted by Crippen LogP contribution is -2.49. The Morgan fingerprint density at radius 3 is 2.48 bits per heavy atom. The number of benzene rings is 1. The van der Waals surface area contributed by atoms with E-state index in [1.165, 1.54) is 0 Å². The number of hydrogen-bond donors (Lipinski definition) is 0. The SMILES string of the molecule is COc1ccc(N2CCN(C(=O)Cc3cc(C)on3)CC2)cc1. The van der Waals surface area contributed by atoms with Crippen molar-refractivity contribution in [3.63, 3.8) is 0 Å². The van der Waals surface area contributed by atoms with Crippen LogP contribution in [-0.4, -0.2) is 49.3 Å². The minimum absolute atomic E-state index is 0.104. The van der Waals surface area contributed by atoms with Gasteiger partial charge in [-0.3, -0.25) is 4.79 Å². The number of piperazine rings is 1. The summed E-state index contributed by atoms with van der Waals surface area (Å²) in [7, 11) is 1.66. The quantitative estimate of drug-likeness (QED) is 0.862. The number of anilines is 1. The van der Waals surface area contributed by atoms with Gasteiger partial charge in [-0.05, 0) is 31.2 Å². The number of carbonyl (C=O) groups excluding carboxylic acids is 1. The Morgan fingerprint density at radius 1 is 1.22 bits per heavy atom. The average molecular weight is 315 g/mol. The standard InChI is InChI=1S/C17H21N3O3/c1-13-11-14(18-23-13)12-17(21)20-9-7-19(8-10-20)15-3-5-16(22-2)6-4-15/h3-6,11H,7-10,12H2,1-2H3. The van der Waals surface area contributed by atoms with Gasteiger partial charge in [0, 0.05) is 37.9 Å². The van der Waals surface area contributed by atoms with Crippen LogP contribution in [0, 0.1) is 6.92 Å². The molecule has 2 aromatic rings. The van der Waals surface area contributed by atoms with Crippen molar-refractivity contribution in [1.82, 2.24) is 10.1 Å². The maximum atomic E-state index is 12.3.